The Hall–Kier alpha value is -3.55. The van der Waals surface area contributed by atoms with Crippen LogP contribution in [0.4, 0.5) is 0 Å². The van der Waals surface area contributed by atoms with Crippen LogP contribution < -0.4 is 14.8 Å². The number of carbonyl (C=O) groups is 3. The average molecular weight is 398 g/mol. The van der Waals surface area contributed by atoms with E-state index in [1.54, 1.807) is 41.3 Å². The molecule has 1 heterocycles. The molecule has 0 spiro atoms. The zero-order valence-electron chi connectivity index (χ0n) is 16.1. The highest BCUT2D eigenvalue weighted by molar-refractivity contribution is 5.96. The summed E-state index contributed by atoms with van der Waals surface area (Å²) in [6.07, 6.45) is 0. The normalized spacial score (nSPS) is 11.6. The number of amides is 2. The highest BCUT2D eigenvalue weighted by Gasteiger charge is 2.18. The number of esters is 1. The van der Waals surface area contributed by atoms with Gasteiger partial charge in [0.15, 0.2) is 18.1 Å². The van der Waals surface area contributed by atoms with Gasteiger partial charge in [0.2, 0.25) is 6.79 Å². The molecule has 1 aliphatic heterocycles. The maximum atomic E-state index is 12.4. The first kappa shape index (κ1) is 20.2. The van der Waals surface area contributed by atoms with Gasteiger partial charge < -0.3 is 24.4 Å². The van der Waals surface area contributed by atoms with E-state index in [0.717, 1.165) is 5.56 Å². The summed E-state index contributed by atoms with van der Waals surface area (Å²) in [6, 6.07) is 14.0. The van der Waals surface area contributed by atoms with Crippen LogP contribution in [0.5, 0.6) is 11.5 Å². The van der Waals surface area contributed by atoms with Crippen molar-refractivity contribution in [2.45, 2.75) is 13.5 Å². The van der Waals surface area contributed by atoms with E-state index in [1.807, 2.05) is 19.1 Å². The molecule has 8 heteroatoms. The molecule has 2 aromatic rings. The summed E-state index contributed by atoms with van der Waals surface area (Å²) < 4.78 is 15.6. The number of hydrogen-bond donors (Lipinski definition) is 1. The van der Waals surface area contributed by atoms with E-state index in [2.05, 4.69) is 5.32 Å². The molecule has 2 amide bonds. The molecule has 0 radical (unpaired) electrons. The highest BCUT2D eigenvalue weighted by Crippen LogP contribution is 2.32. The lowest BCUT2D eigenvalue weighted by Gasteiger charge is -2.21. The molecule has 0 bridgehead atoms. The van der Waals surface area contributed by atoms with Crippen molar-refractivity contribution in [3.63, 3.8) is 0 Å². The van der Waals surface area contributed by atoms with Crippen molar-refractivity contribution in [2.75, 3.05) is 26.5 Å². The quantitative estimate of drug-likeness (QED) is 0.681. The van der Waals surface area contributed by atoms with Gasteiger partial charge >= 0.3 is 5.97 Å². The highest BCUT2D eigenvalue weighted by atomic mass is 16.7. The van der Waals surface area contributed by atoms with E-state index in [9.17, 15) is 14.4 Å². The minimum atomic E-state index is -0.679. The van der Waals surface area contributed by atoms with Crippen LogP contribution in [0, 0.1) is 0 Å². The Kier molecular flexibility index (Phi) is 6.67. The van der Waals surface area contributed by atoms with Crippen molar-refractivity contribution in [2.24, 2.45) is 0 Å². The Morgan fingerprint density at radius 1 is 1.07 bits per heavy atom. The van der Waals surface area contributed by atoms with Crippen molar-refractivity contribution >= 4 is 17.8 Å². The van der Waals surface area contributed by atoms with E-state index in [1.165, 1.54) is 0 Å². The number of ether oxygens (including phenoxy) is 3. The van der Waals surface area contributed by atoms with Gasteiger partial charge in [-0.25, -0.2) is 0 Å². The number of carbonyl (C=O) groups excluding carboxylic acids is 3. The molecule has 152 valence electrons. The van der Waals surface area contributed by atoms with Gasteiger partial charge in [0.1, 0.15) is 6.54 Å². The summed E-state index contributed by atoms with van der Waals surface area (Å²) in [5.41, 5.74) is 1.32. The van der Waals surface area contributed by atoms with Crippen LogP contribution in [-0.2, 0) is 20.9 Å². The van der Waals surface area contributed by atoms with Crippen LogP contribution in [0.3, 0.4) is 0 Å². The summed E-state index contributed by atoms with van der Waals surface area (Å²) in [5, 5.41) is 2.47. The van der Waals surface area contributed by atoms with Gasteiger partial charge in [-0.05, 0) is 36.8 Å². The number of hydrogen-bond acceptors (Lipinski definition) is 6. The van der Waals surface area contributed by atoms with Gasteiger partial charge in [-0.3, -0.25) is 14.4 Å². The van der Waals surface area contributed by atoms with Gasteiger partial charge in [-0.15, -0.1) is 0 Å². The standard InChI is InChI=1S/C21H22N2O6/c1-2-23(12-15-8-9-17-18(10-15)29-14-28-17)19(24)13-27-20(25)11-22-21(26)16-6-4-3-5-7-16/h3-10H,2,11-14H2,1H3,(H,22,26). The second-order valence-corrected chi connectivity index (χ2v) is 6.30. The average Bonchev–Trinajstić information content (AvgIpc) is 3.22. The van der Waals surface area contributed by atoms with E-state index < -0.39 is 12.6 Å². The Balaban J connectivity index is 1.44. The minimum Gasteiger partial charge on any atom is -0.454 e. The van der Waals surface area contributed by atoms with Crippen molar-refractivity contribution in [1.29, 1.82) is 0 Å². The molecule has 1 N–H and O–H groups in total. The molecule has 29 heavy (non-hydrogen) atoms. The summed E-state index contributed by atoms with van der Waals surface area (Å²) in [6.45, 7) is 2.14. The molecule has 0 atom stereocenters. The Morgan fingerprint density at radius 2 is 1.83 bits per heavy atom. The fourth-order valence-electron chi connectivity index (χ4n) is 2.76. The van der Waals surface area contributed by atoms with Crippen LogP contribution in [0.15, 0.2) is 48.5 Å². The minimum absolute atomic E-state index is 0.186. The maximum absolute atomic E-state index is 12.4. The van der Waals surface area contributed by atoms with Gasteiger partial charge in [0.05, 0.1) is 0 Å². The van der Waals surface area contributed by atoms with Gasteiger partial charge in [0.25, 0.3) is 11.8 Å². The number of benzene rings is 2. The van der Waals surface area contributed by atoms with Crippen molar-refractivity contribution < 1.29 is 28.6 Å². The van der Waals surface area contributed by atoms with E-state index in [-0.39, 0.29) is 25.2 Å². The summed E-state index contributed by atoms with van der Waals surface area (Å²) >= 11 is 0. The van der Waals surface area contributed by atoms with Crippen molar-refractivity contribution in [3.8, 4) is 11.5 Å². The Bertz CT molecular complexity index is 884. The molecule has 2 aromatic carbocycles. The fourth-order valence-corrected chi connectivity index (χ4v) is 2.76. The van der Waals surface area contributed by atoms with Crippen LogP contribution in [0.1, 0.15) is 22.8 Å². The smallest absolute Gasteiger partial charge is 0.325 e. The molecule has 8 nitrogen and oxygen atoms in total. The molecule has 0 aliphatic carbocycles. The first-order valence-electron chi connectivity index (χ1n) is 9.22. The predicted octanol–water partition coefficient (Wildman–Crippen LogP) is 1.74. The zero-order chi connectivity index (χ0) is 20.6. The van der Waals surface area contributed by atoms with Crippen LogP contribution >= 0.6 is 0 Å². The van der Waals surface area contributed by atoms with Gasteiger partial charge in [-0.1, -0.05) is 24.3 Å². The number of nitrogens with zero attached hydrogens (tertiary/aromatic N) is 1. The summed E-state index contributed by atoms with van der Waals surface area (Å²) in [7, 11) is 0. The zero-order valence-corrected chi connectivity index (χ0v) is 16.1. The monoisotopic (exact) mass is 398 g/mol. The summed E-state index contributed by atoms with van der Waals surface area (Å²) in [4.78, 5) is 37.7. The lowest BCUT2D eigenvalue weighted by Crippen LogP contribution is -2.36. The van der Waals surface area contributed by atoms with Crippen molar-refractivity contribution in [3.05, 3.63) is 59.7 Å². The van der Waals surface area contributed by atoms with Crippen molar-refractivity contribution in [1.82, 2.24) is 10.2 Å². The van der Waals surface area contributed by atoms with Crippen LogP contribution in [0.25, 0.3) is 0 Å². The third kappa shape index (κ3) is 5.47. The SMILES string of the molecule is CCN(Cc1ccc2c(c1)OCO2)C(=O)COC(=O)CNC(=O)c1ccccc1. The molecule has 0 fully saturated rings. The maximum Gasteiger partial charge on any atom is 0.325 e. The van der Waals surface area contributed by atoms with Crippen LogP contribution in [-0.4, -0.2) is 49.2 Å². The number of nitrogens with one attached hydrogen (secondary N) is 1. The first-order valence-corrected chi connectivity index (χ1v) is 9.22. The lowest BCUT2D eigenvalue weighted by atomic mass is 10.2. The molecular weight excluding hydrogens is 376 g/mol. The second-order valence-electron chi connectivity index (χ2n) is 6.30. The van der Waals surface area contributed by atoms with E-state index in [0.29, 0.717) is 30.2 Å². The molecule has 3 rings (SSSR count). The molecule has 0 saturated heterocycles. The van der Waals surface area contributed by atoms with E-state index >= 15 is 0 Å². The largest absolute Gasteiger partial charge is 0.454 e. The third-order valence-electron chi connectivity index (χ3n) is 4.33. The third-order valence-corrected chi connectivity index (χ3v) is 4.33. The summed E-state index contributed by atoms with van der Waals surface area (Å²) in [5.74, 6) is -0.0669. The molecule has 1 aliphatic rings. The topological polar surface area (TPSA) is 94.2 Å². The Morgan fingerprint density at radius 3 is 2.59 bits per heavy atom. The predicted molar refractivity (Wildman–Crippen MR) is 103 cm³/mol. The Labute approximate surface area is 168 Å². The van der Waals surface area contributed by atoms with Gasteiger partial charge in [0, 0.05) is 18.7 Å². The molecule has 0 aromatic heterocycles. The first-order chi connectivity index (χ1) is 14.1. The fraction of sp³-hybridized carbons (Fsp3) is 0.286. The number of likely N-dealkylation sites (N-methyl/N-ethyl adjacent to an activating group) is 1. The number of fused-ring (bicyclic) bond motifs is 1. The molecule has 0 saturated carbocycles. The lowest BCUT2D eigenvalue weighted by molar-refractivity contribution is -0.151. The molecule has 0 unspecified atom stereocenters. The van der Waals surface area contributed by atoms with Gasteiger partial charge in [-0.2, -0.15) is 0 Å². The van der Waals surface area contributed by atoms with E-state index in [4.69, 9.17) is 14.2 Å². The molecular formula is C21H22N2O6. The second kappa shape index (κ2) is 9.59. The van der Waals surface area contributed by atoms with Crippen LogP contribution in [0.2, 0.25) is 0 Å². The number of rotatable bonds is 8.